The van der Waals surface area contributed by atoms with E-state index in [0.717, 1.165) is 51.0 Å². The topological polar surface area (TPSA) is 53.2 Å². The monoisotopic (exact) mass is 532 g/mol. The molecular weight excluding hydrogens is 492 g/mol. The molecule has 1 N–H and O–H groups in total. The van der Waals surface area contributed by atoms with Gasteiger partial charge in [-0.05, 0) is 52.2 Å². The molecule has 1 amide bonds. The molecule has 3 aromatic carbocycles. The molecule has 40 heavy (non-hydrogen) atoms. The van der Waals surface area contributed by atoms with Crippen LogP contribution in [0.2, 0.25) is 0 Å². The van der Waals surface area contributed by atoms with E-state index in [4.69, 9.17) is 0 Å². The zero-order valence-electron chi connectivity index (χ0n) is 24.8. The van der Waals surface area contributed by atoms with E-state index in [2.05, 4.69) is 82.9 Å². The Morgan fingerprint density at radius 2 is 1.55 bits per heavy atom. The molecule has 0 spiro atoms. The zero-order chi connectivity index (χ0) is 28.8. The first-order valence-corrected chi connectivity index (χ1v) is 14.3. The lowest BCUT2D eigenvalue weighted by atomic mass is 9.72. The highest BCUT2D eigenvalue weighted by Gasteiger charge is 2.41. The van der Waals surface area contributed by atoms with Crippen LogP contribution in [0, 0.1) is 5.41 Å². The van der Waals surface area contributed by atoms with Crippen molar-refractivity contribution in [3.05, 3.63) is 101 Å². The number of nitrogens with zero attached hydrogens (tertiary/aromatic N) is 1. The normalized spacial score (nSPS) is 15.6. The molecule has 4 heteroatoms. The van der Waals surface area contributed by atoms with Crippen molar-refractivity contribution in [2.24, 2.45) is 5.41 Å². The van der Waals surface area contributed by atoms with E-state index in [1.165, 1.54) is 0 Å². The highest BCUT2D eigenvalue weighted by molar-refractivity contribution is 6.12. The quantitative estimate of drug-likeness (QED) is 0.279. The van der Waals surface area contributed by atoms with Crippen LogP contribution in [0.1, 0.15) is 88.8 Å². The average molecular weight is 533 g/mol. The van der Waals surface area contributed by atoms with E-state index in [1.54, 1.807) is 6.08 Å². The van der Waals surface area contributed by atoms with Gasteiger partial charge in [0.2, 0.25) is 5.91 Å². The molecule has 1 aliphatic rings. The fourth-order valence-electron chi connectivity index (χ4n) is 5.77. The van der Waals surface area contributed by atoms with Crippen LogP contribution in [-0.4, -0.2) is 16.7 Å². The van der Waals surface area contributed by atoms with Gasteiger partial charge < -0.3 is 4.98 Å². The van der Waals surface area contributed by atoms with E-state index in [1.807, 2.05) is 48.2 Å². The standard InChI is InChI=1S/C36H40N2O2/c1-8-14-31(40)38(34-26-17-12-13-18-29(26)37-32(34)23-15-10-9-11-16-23)33-25-20-19-24(35(2,3)4)21-27(25)30(39)22-28(33)36(5,6)7/h9-13,15-22,33,37H,8,14H2,1-7H3/t33-/m0/s1. The molecule has 206 valence electrons. The predicted octanol–water partition coefficient (Wildman–Crippen LogP) is 9.18. The largest absolute Gasteiger partial charge is 0.353 e. The molecule has 4 aromatic rings. The van der Waals surface area contributed by atoms with Crippen LogP contribution < -0.4 is 4.90 Å². The van der Waals surface area contributed by atoms with Gasteiger partial charge in [0.05, 0.1) is 17.4 Å². The highest BCUT2D eigenvalue weighted by Crippen LogP contribution is 2.49. The Balaban J connectivity index is 1.86. The number of carbonyl (C=O) groups excluding carboxylic acids is 2. The molecule has 5 rings (SSSR count). The van der Waals surface area contributed by atoms with Gasteiger partial charge in [0, 0.05) is 28.5 Å². The second kappa shape index (κ2) is 10.2. The van der Waals surface area contributed by atoms with Gasteiger partial charge in [-0.15, -0.1) is 0 Å². The molecule has 1 heterocycles. The third kappa shape index (κ3) is 4.92. The van der Waals surface area contributed by atoms with E-state index in [0.29, 0.717) is 12.0 Å². The zero-order valence-corrected chi connectivity index (χ0v) is 24.8. The Morgan fingerprint density at radius 3 is 2.20 bits per heavy atom. The van der Waals surface area contributed by atoms with E-state index >= 15 is 0 Å². The number of aromatic amines is 1. The molecule has 0 unspecified atom stereocenters. The maximum atomic E-state index is 14.4. The number of ketones is 1. The lowest BCUT2D eigenvalue weighted by Gasteiger charge is -2.42. The number of hydrogen-bond acceptors (Lipinski definition) is 2. The number of hydrogen-bond donors (Lipinski definition) is 1. The summed E-state index contributed by atoms with van der Waals surface area (Å²) in [4.78, 5) is 33.7. The molecule has 0 radical (unpaired) electrons. The van der Waals surface area contributed by atoms with Crippen molar-refractivity contribution in [2.75, 3.05) is 4.90 Å². The Bertz CT molecular complexity index is 1610. The number of anilines is 1. The molecule has 1 atom stereocenters. The fourth-order valence-corrected chi connectivity index (χ4v) is 5.77. The number of allylic oxidation sites excluding steroid dienone is 1. The van der Waals surface area contributed by atoms with Crippen LogP contribution in [0.5, 0.6) is 0 Å². The predicted molar refractivity (Wildman–Crippen MR) is 166 cm³/mol. The number of amides is 1. The summed E-state index contributed by atoms with van der Waals surface area (Å²) < 4.78 is 0. The lowest BCUT2D eigenvalue weighted by Crippen LogP contribution is -2.41. The maximum absolute atomic E-state index is 14.4. The fraction of sp³-hybridized carbons (Fsp3) is 0.333. The number of nitrogens with one attached hydrogen (secondary N) is 1. The van der Waals surface area contributed by atoms with Crippen LogP contribution in [0.25, 0.3) is 22.2 Å². The number of H-pyrrole nitrogens is 1. The Labute approximate surface area is 238 Å². The van der Waals surface area contributed by atoms with E-state index in [9.17, 15) is 9.59 Å². The molecule has 1 aromatic heterocycles. The van der Waals surface area contributed by atoms with Crippen molar-refractivity contribution in [2.45, 2.75) is 72.8 Å². The minimum absolute atomic E-state index is 0.00683. The molecule has 0 saturated heterocycles. The maximum Gasteiger partial charge on any atom is 0.227 e. The Kier molecular flexibility index (Phi) is 7.08. The van der Waals surface area contributed by atoms with Crippen molar-refractivity contribution in [1.82, 2.24) is 4.98 Å². The van der Waals surface area contributed by atoms with Crippen LogP contribution in [0.4, 0.5) is 5.69 Å². The molecular formula is C36H40N2O2. The molecule has 0 saturated carbocycles. The van der Waals surface area contributed by atoms with Crippen LogP contribution in [0.15, 0.2) is 84.4 Å². The third-order valence-corrected chi connectivity index (χ3v) is 7.90. The smallest absolute Gasteiger partial charge is 0.227 e. The second-order valence-electron chi connectivity index (χ2n) is 12.9. The Morgan fingerprint density at radius 1 is 0.875 bits per heavy atom. The van der Waals surface area contributed by atoms with Gasteiger partial charge in [0.15, 0.2) is 5.78 Å². The van der Waals surface area contributed by atoms with Crippen LogP contribution in [-0.2, 0) is 10.2 Å². The minimum Gasteiger partial charge on any atom is -0.353 e. The number of para-hydroxylation sites is 1. The summed E-state index contributed by atoms with van der Waals surface area (Å²) in [5, 5.41) is 0.990. The van der Waals surface area contributed by atoms with Gasteiger partial charge in [0.25, 0.3) is 0 Å². The molecule has 0 aliphatic heterocycles. The van der Waals surface area contributed by atoms with Gasteiger partial charge >= 0.3 is 0 Å². The number of benzene rings is 3. The molecule has 4 nitrogen and oxygen atoms in total. The number of rotatable bonds is 5. The molecule has 0 fully saturated rings. The third-order valence-electron chi connectivity index (χ3n) is 7.90. The number of fused-ring (bicyclic) bond motifs is 2. The van der Waals surface area contributed by atoms with Crippen LogP contribution >= 0.6 is 0 Å². The Hall–Kier alpha value is -3.92. The summed E-state index contributed by atoms with van der Waals surface area (Å²) in [7, 11) is 0. The SMILES string of the molecule is CCCC(=O)N(c1c(-c2ccccc2)[nH]c2ccccc12)[C@@H]1C(C(C)(C)C)=CC(=O)c2cc(C(C)(C)C)ccc21. The summed E-state index contributed by atoms with van der Waals surface area (Å²) in [5.74, 6) is 0.0529. The summed E-state index contributed by atoms with van der Waals surface area (Å²) >= 11 is 0. The minimum atomic E-state index is -0.414. The van der Waals surface area contributed by atoms with Crippen molar-refractivity contribution in [1.29, 1.82) is 0 Å². The van der Waals surface area contributed by atoms with Crippen molar-refractivity contribution >= 4 is 28.3 Å². The van der Waals surface area contributed by atoms with Crippen molar-refractivity contribution < 1.29 is 9.59 Å². The summed E-state index contributed by atoms with van der Waals surface area (Å²) in [6, 6.07) is 24.2. The van der Waals surface area contributed by atoms with E-state index < -0.39 is 6.04 Å². The van der Waals surface area contributed by atoms with Gasteiger partial charge in [-0.2, -0.15) is 0 Å². The van der Waals surface area contributed by atoms with Crippen LogP contribution in [0.3, 0.4) is 0 Å². The first-order chi connectivity index (χ1) is 18.9. The van der Waals surface area contributed by atoms with Gasteiger partial charge in [0.1, 0.15) is 0 Å². The average Bonchev–Trinajstić information content (AvgIpc) is 3.28. The molecule has 0 bridgehead atoms. The second-order valence-corrected chi connectivity index (χ2v) is 12.9. The first-order valence-electron chi connectivity index (χ1n) is 14.3. The molecule has 1 aliphatic carbocycles. The first kappa shape index (κ1) is 27.6. The van der Waals surface area contributed by atoms with Crippen molar-refractivity contribution in [3.8, 4) is 11.3 Å². The highest BCUT2D eigenvalue weighted by atomic mass is 16.2. The van der Waals surface area contributed by atoms with Gasteiger partial charge in [-0.1, -0.05) is 109 Å². The number of carbonyl (C=O) groups is 2. The van der Waals surface area contributed by atoms with E-state index in [-0.39, 0.29) is 22.5 Å². The summed E-state index contributed by atoms with van der Waals surface area (Å²) in [5.41, 5.74) is 6.93. The summed E-state index contributed by atoms with van der Waals surface area (Å²) in [6.07, 6.45) is 2.93. The van der Waals surface area contributed by atoms with Crippen molar-refractivity contribution in [3.63, 3.8) is 0 Å². The summed E-state index contributed by atoms with van der Waals surface area (Å²) in [6.45, 7) is 14.9. The number of aromatic nitrogens is 1. The van der Waals surface area contributed by atoms with Gasteiger partial charge in [-0.3, -0.25) is 14.5 Å². The lowest BCUT2D eigenvalue weighted by molar-refractivity contribution is -0.119. The van der Waals surface area contributed by atoms with Gasteiger partial charge in [-0.25, -0.2) is 0 Å².